The molecule has 3 heterocycles. The van der Waals surface area contributed by atoms with E-state index in [0.717, 1.165) is 36.9 Å². The van der Waals surface area contributed by atoms with Crippen LogP contribution in [0.2, 0.25) is 0 Å². The number of hydrogen-bond acceptors (Lipinski definition) is 5. The number of rotatable bonds is 5. The van der Waals surface area contributed by atoms with Crippen LogP contribution >= 0.6 is 0 Å². The van der Waals surface area contributed by atoms with Gasteiger partial charge in [-0.1, -0.05) is 0 Å². The van der Waals surface area contributed by atoms with Gasteiger partial charge >= 0.3 is 0 Å². The van der Waals surface area contributed by atoms with E-state index in [1.807, 2.05) is 24.0 Å². The van der Waals surface area contributed by atoms with Crippen LogP contribution < -0.4 is 10.9 Å². The van der Waals surface area contributed by atoms with E-state index in [4.69, 9.17) is 0 Å². The summed E-state index contributed by atoms with van der Waals surface area (Å²) < 4.78 is 3.56. The van der Waals surface area contributed by atoms with Crippen LogP contribution in [0.3, 0.4) is 0 Å². The molecule has 3 aromatic rings. The molecule has 1 aliphatic rings. The lowest BCUT2D eigenvalue weighted by atomic mass is 9.91. The van der Waals surface area contributed by atoms with E-state index in [9.17, 15) is 9.59 Å². The van der Waals surface area contributed by atoms with Crippen LogP contribution in [0.25, 0.3) is 11.3 Å². The Hall–Kier alpha value is -3.29. The molecule has 4 rings (SSSR count). The molecule has 0 bridgehead atoms. The Kier molecular flexibility index (Phi) is 5.50. The van der Waals surface area contributed by atoms with Gasteiger partial charge in [0.15, 0.2) is 0 Å². The van der Waals surface area contributed by atoms with E-state index >= 15 is 0 Å². The first-order chi connectivity index (χ1) is 14.1. The van der Waals surface area contributed by atoms with Gasteiger partial charge in [0, 0.05) is 54.6 Å². The van der Waals surface area contributed by atoms with Gasteiger partial charge < -0.3 is 9.88 Å². The second-order valence-electron chi connectivity index (χ2n) is 7.32. The summed E-state index contributed by atoms with van der Waals surface area (Å²) in [6, 6.07) is 3.52. The third kappa shape index (κ3) is 4.26. The van der Waals surface area contributed by atoms with Crippen LogP contribution in [0.1, 0.15) is 49.0 Å². The van der Waals surface area contributed by atoms with E-state index in [1.165, 1.54) is 6.07 Å². The highest BCUT2D eigenvalue weighted by atomic mass is 16.2. The summed E-state index contributed by atoms with van der Waals surface area (Å²) in [6.07, 6.45) is 14.2. The monoisotopic (exact) mass is 392 g/mol. The molecule has 8 heteroatoms. The Morgan fingerprint density at radius 2 is 2.03 bits per heavy atom. The summed E-state index contributed by atoms with van der Waals surface area (Å²) in [5.74, 6) is -0.183. The van der Waals surface area contributed by atoms with E-state index in [0.29, 0.717) is 18.2 Å². The van der Waals surface area contributed by atoms with E-state index in [2.05, 4.69) is 20.4 Å². The molecule has 1 aliphatic carbocycles. The van der Waals surface area contributed by atoms with E-state index in [-0.39, 0.29) is 17.5 Å². The normalized spacial score (nSPS) is 19.1. The highest BCUT2D eigenvalue weighted by Crippen LogP contribution is 2.29. The summed E-state index contributed by atoms with van der Waals surface area (Å²) in [5, 5.41) is 7.57. The number of aryl methyl sites for hydroxylation is 1. The van der Waals surface area contributed by atoms with Gasteiger partial charge in [0.25, 0.3) is 11.5 Å². The number of pyridine rings is 1. The standard InChI is InChI=1S/C21H24N6O2/c1-2-26-10-7-15(11-20(26)28)21(29)25-17-3-5-18(6-4-17)27-14-16(12-24-27)19-13-22-8-9-23-19/h7-14,17-18H,2-6H2,1H3,(H,25,29). The quantitative estimate of drug-likeness (QED) is 0.720. The van der Waals surface area contributed by atoms with Gasteiger partial charge in [-0.2, -0.15) is 5.10 Å². The van der Waals surface area contributed by atoms with Crippen LogP contribution in [0.15, 0.2) is 54.1 Å². The zero-order chi connectivity index (χ0) is 20.2. The van der Waals surface area contributed by atoms with Gasteiger partial charge in [0.2, 0.25) is 0 Å². The molecule has 0 atom stereocenters. The van der Waals surface area contributed by atoms with Crippen LogP contribution in [0.5, 0.6) is 0 Å². The van der Waals surface area contributed by atoms with Crippen molar-refractivity contribution in [1.29, 1.82) is 0 Å². The fourth-order valence-electron chi connectivity index (χ4n) is 3.78. The minimum atomic E-state index is -0.183. The summed E-state index contributed by atoms with van der Waals surface area (Å²) >= 11 is 0. The predicted octanol–water partition coefficient (Wildman–Crippen LogP) is 2.44. The average molecular weight is 392 g/mol. The fraction of sp³-hybridized carbons (Fsp3) is 0.381. The van der Waals surface area contributed by atoms with Gasteiger partial charge in [-0.15, -0.1) is 0 Å². The lowest BCUT2D eigenvalue weighted by molar-refractivity contribution is 0.0921. The maximum atomic E-state index is 12.5. The average Bonchev–Trinajstić information content (AvgIpc) is 3.25. The van der Waals surface area contributed by atoms with E-state index < -0.39 is 0 Å². The van der Waals surface area contributed by atoms with E-state index in [1.54, 1.807) is 35.4 Å². The van der Waals surface area contributed by atoms with Crippen molar-refractivity contribution in [2.24, 2.45) is 0 Å². The number of carbonyl (C=O) groups is 1. The van der Waals surface area contributed by atoms with Crippen molar-refractivity contribution in [3.05, 3.63) is 65.2 Å². The highest BCUT2D eigenvalue weighted by Gasteiger charge is 2.24. The number of amides is 1. The minimum Gasteiger partial charge on any atom is -0.349 e. The largest absolute Gasteiger partial charge is 0.349 e. The first-order valence-electron chi connectivity index (χ1n) is 9.96. The molecule has 150 valence electrons. The molecule has 1 N–H and O–H groups in total. The maximum absolute atomic E-state index is 12.5. The molecule has 29 heavy (non-hydrogen) atoms. The highest BCUT2D eigenvalue weighted by molar-refractivity contribution is 5.94. The Morgan fingerprint density at radius 3 is 2.72 bits per heavy atom. The lowest BCUT2D eigenvalue weighted by Crippen LogP contribution is -2.38. The second kappa shape index (κ2) is 8.38. The van der Waals surface area contributed by atoms with Gasteiger partial charge in [0.05, 0.1) is 24.1 Å². The van der Waals surface area contributed by atoms with Crippen molar-refractivity contribution in [3.8, 4) is 11.3 Å². The zero-order valence-electron chi connectivity index (χ0n) is 16.4. The molecule has 1 fully saturated rings. The molecule has 0 unspecified atom stereocenters. The molecule has 1 amide bonds. The minimum absolute atomic E-state index is 0.113. The number of nitrogens with one attached hydrogen (secondary N) is 1. The van der Waals surface area contributed by atoms with Crippen molar-refractivity contribution in [2.75, 3.05) is 0 Å². The Morgan fingerprint density at radius 1 is 1.21 bits per heavy atom. The molecule has 0 radical (unpaired) electrons. The van der Waals surface area contributed by atoms with Gasteiger partial charge in [-0.3, -0.25) is 24.2 Å². The Balaban J connectivity index is 1.34. The number of carbonyl (C=O) groups excluding carboxylic acids is 1. The Labute approximate surface area is 168 Å². The molecule has 0 spiro atoms. The molecular weight excluding hydrogens is 368 g/mol. The van der Waals surface area contributed by atoms with Gasteiger partial charge in [0.1, 0.15) is 0 Å². The molecule has 8 nitrogen and oxygen atoms in total. The van der Waals surface area contributed by atoms with Crippen molar-refractivity contribution in [1.82, 2.24) is 29.6 Å². The summed E-state index contributed by atoms with van der Waals surface area (Å²) in [4.78, 5) is 32.8. The number of nitrogens with zero attached hydrogens (tertiary/aromatic N) is 5. The predicted molar refractivity (Wildman–Crippen MR) is 108 cm³/mol. The van der Waals surface area contributed by atoms with Crippen molar-refractivity contribution in [3.63, 3.8) is 0 Å². The lowest BCUT2D eigenvalue weighted by Gasteiger charge is -2.29. The van der Waals surface area contributed by atoms with Crippen LogP contribution in [0.4, 0.5) is 0 Å². The molecular formula is C21H24N6O2. The smallest absolute Gasteiger partial charge is 0.251 e. The second-order valence-corrected chi connectivity index (χ2v) is 7.32. The molecule has 3 aromatic heterocycles. The van der Waals surface area contributed by atoms with Crippen molar-refractivity contribution < 1.29 is 4.79 Å². The van der Waals surface area contributed by atoms with Crippen LogP contribution in [0, 0.1) is 0 Å². The first kappa shape index (κ1) is 19.0. The third-order valence-corrected chi connectivity index (χ3v) is 5.47. The molecule has 1 saturated carbocycles. The fourth-order valence-corrected chi connectivity index (χ4v) is 3.78. The summed E-state index contributed by atoms with van der Waals surface area (Å²) in [5.41, 5.74) is 2.03. The SMILES string of the molecule is CCn1ccc(C(=O)NC2CCC(n3cc(-c4cnccn4)cn3)CC2)cc1=O. The topological polar surface area (TPSA) is 94.7 Å². The van der Waals surface area contributed by atoms with Gasteiger partial charge in [-0.25, -0.2) is 0 Å². The zero-order valence-corrected chi connectivity index (χ0v) is 16.4. The molecule has 0 aromatic carbocycles. The molecule has 0 aliphatic heterocycles. The summed E-state index contributed by atoms with van der Waals surface area (Å²) in [7, 11) is 0. The van der Waals surface area contributed by atoms with Gasteiger partial charge in [-0.05, 0) is 38.7 Å². The number of aromatic nitrogens is 5. The number of hydrogen-bond donors (Lipinski definition) is 1. The molecule has 0 saturated heterocycles. The van der Waals surface area contributed by atoms with Crippen molar-refractivity contribution >= 4 is 5.91 Å². The Bertz CT molecular complexity index is 1030. The van der Waals surface area contributed by atoms with Crippen LogP contribution in [-0.2, 0) is 6.54 Å². The maximum Gasteiger partial charge on any atom is 0.251 e. The first-order valence-corrected chi connectivity index (χ1v) is 9.96. The van der Waals surface area contributed by atoms with Crippen LogP contribution in [-0.4, -0.2) is 36.3 Å². The van der Waals surface area contributed by atoms with Crippen molar-refractivity contribution in [2.45, 2.75) is 51.2 Å². The third-order valence-electron chi connectivity index (χ3n) is 5.47. The summed E-state index contributed by atoms with van der Waals surface area (Å²) in [6.45, 7) is 2.49.